The zero-order valence-corrected chi connectivity index (χ0v) is 10.1. The number of hydrogen-bond acceptors (Lipinski definition) is 3. The van der Waals surface area contributed by atoms with Gasteiger partial charge in [-0.3, -0.25) is 9.48 Å². The number of aliphatic hydroxyl groups is 1. The third kappa shape index (κ3) is 1.86. The first kappa shape index (κ1) is 10.8. The molecule has 0 aliphatic heterocycles. The number of nitrogens with zero attached hydrogens (tertiary/aromatic N) is 2. The van der Waals surface area contributed by atoms with E-state index in [0.29, 0.717) is 25.7 Å². The van der Waals surface area contributed by atoms with Crippen molar-refractivity contribution in [2.45, 2.75) is 31.3 Å². The number of aryl methyl sites for hydroxylation is 1. The molecule has 0 spiro atoms. The van der Waals surface area contributed by atoms with Crippen LogP contribution < -0.4 is 0 Å². The molecule has 1 aliphatic carbocycles. The van der Waals surface area contributed by atoms with Crippen molar-refractivity contribution < 1.29 is 9.90 Å². The minimum atomic E-state index is -0.905. The molecule has 0 radical (unpaired) electrons. The van der Waals surface area contributed by atoms with Crippen LogP contribution in [0.5, 0.6) is 0 Å². The Hall–Kier alpha value is -0.680. The van der Waals surface area contributed by atoms with E-state index < -0.39 is 5.60 Å². The van der Waals surface area contributed by atoms with E-state index in [1.165, 1.54) is 0 Å². The van der Waals surface area contributed by atoms with Crippen LogP contribution in [0.25, 0.3) is 0 Å². The normalized spacial score (nSPS) is 20.6. The number of rotatable bonds is 1. The van der Waals surface area contributed by atoms with E-state index in [4.69, 9.17) is 0 Å². The number of aromatic nitrogens is 2. The Morgan fingerprint density at radius 2 is 2.13 bits per heavy atom. The predicted octanol–water partition coefficient (Wildman–Crippen LogP) is 1.51. The summed E-state index contributed by atoms with van der Waals surface area (Å²) in [6, 6.07) is 0. The molecule has 1 aromatic rings. The number of ketones is 1. The quantitative estimate of drug-likeness (QED) is 0.843. The lowest BCUT2D eigenvalue weighted by atomic mass is 9.82. The smallest absolute Gasteiger partial charge is 0.133 e. The van der Waals surface area contributed by atoms with Crippen LogP contribution in [0.15, 0.2) is 10.7 Å². The van der Waals surface area contributed by atoms with Crippen molar-refractivity contribution in [3.05, 3.63) is 16.4 Å². The molecule has 1 saturated carbocycles. The van der Waals surface area contributed by atoms with Gasteiger partial charge in [0.15, 0.2) is 0 Å². The van der Waals surface area contributed by atoms with Crippen molar-refractivity contribution in [3.8, 4) is 0 Å². The van der Waals surface area contributed by atoms with Crippen LogP contribution in [-0.4, -0.2) is 20.7 Å². The van der Waals surface area contributed by atoms with Crippen LogP contribution in [0.3, 0.4) is 0 Å². The topological polar surface area (TPSA) is 55.1 Å². The number of halogens is 1. The number of carbonyl (C=O) groups excluding carboxylic acids is 1. The summed E-state index contributed by atoms with van der Waals surface area (Å²) in [4.78, 5) is 11.1. The Bertz CT molecular complexity index is 371. The van der Waals surface area contributed by atoms with Gasteiger partial charge in [0.2, 0.25) is 0 Å². The monoisotopic (exact) mass is 272 g/mol. The first-order valence-corrected chi connectivity index (χ1v) is 5.74. The highest BCUT2D eigenvalue weighted by Crippen LogP contribution is 2.38. The first-order chi connectivity index (χ1) is 7.03. The highest BCUT2D eigenvalue weighted by molar-refractivity contribution is 9.10. The third-order valence-corrected chi connectivity index (χ3v) is 3.55. The molecule has 15 heavy (non-hydrogen) atoms. The van der Waals surface area contributed by atoms with Gasteiger partial charge in [-0.2, -0.15) is 5.10 Å². The molecule has 0 saturated heterocycles. The number of carbonyl (C=O) groups is 1. The fourth-order valence-electron chi connectivity index (χ4n) is 2.11. The summed E-state index contributed by atoms with van der Waals surface area (Å²) in [5.74, 6) is 0.234. The Balaban J connectivity index is 2.33. The van der Waals surface area contributed by atoms with Crippen molar-refractivity contribution in [2.75, 3.05) is 0 Å². The maximum atomic E-state index is 11.1. The lowest BCUT2D eigenvalue weighted by Crippen LogP contribution is -2.34. The second kappa shape index (κ2) is 3.72. The molecule has 1 heterocycles. The fourth-order valence-corrected chi connectivity index (χ4v) is 2.83. The lowest BCUT2D eigenvalue weighted by molar-refractivity contribution is -0.126. The van der Waals surface area contributed by atoms with Crippen molar-refractivity contribution in [2.24, 2.45) is 7.05 Å². The van der Waals surface area contributed by atoms with Crippen molar-refractivity contribution in [1.29, 1.82) is 0 Å². The summed E-state index contributed by atoms with van der Waals surface area (Å²) in [5, 5.41) is 14.5. The fraction of sp³-hybridized carbons (Fsp3) is 0.600. The molecule has 0 unspecified atom stereocenters. The number of Topliss-reactive ketones (excluding diaryl/α,β-unsaturated/α-hetero) is 1. The van der Waals surface area contributed by atoms with E-state index in [2.05, 4.69) is 21.0 Å². The zero-order chi connectivity index (χ0) is 11.1. The summed E-state index contributed by atoms with van der Waals surface area (Å²) < 4.78 is 2.47. The van der Waals surface area contributed by atoms with Crippen LogP contribution in [0.2, 0.25) is 0 Å². The first-order valence-electron chi connectivity index (χ1n) is 4.95. The van der Waals surface area contributed by atoms with Gasteiger partial charge in [0.05, 0.1) is 16.4 Å². The lowest BCUT2D eigenvalue weighted by Gasteiger charge is -2.31. The molecule has 1 aliphatic rings. The average molecular weight is 273 g/mol. The standard InChI is InChI=1S/C10H13BrN2O2/c1-13-9(8(11)6-12-13)10(15)4-2-7(14)3-5-10/h6,15H,2-5H2,1H3. The average Bonchev–Trinajstić information content (AvgIpc) is 2.52. The minimum Gasteiger partial charge on any atom is -0.383 e. The van der Waals surface area contributed by atoms with Gasteiger partial charge in [-0.15, -0.1) is 0 Å². The van der Waals surface area contributed by atoms with Crippen LogP contribution >= 0.6 is 15.9 Å². The molecular formula is C10H13BrN2O2. The van der Waals surface area contributed by atoms with E-state index >= 15 is 0 Å². The van der Waals surface area contributed by atoms with Gasteiger partial charge in [-0.25, -0.2) is 0 Å². The summed E-state index contributed by atoms with van der Waals surface area (Å²) in [6.07, 6.45) is 3.56. The summed E-state index contributed by atoms with van der Waals surface area (Å²) in [6.45, 7) is 0. The highest BCUT2D eigenvalue weighted by Gasteiger charge is 2.37. The molecule has 1 N–H and O–H groups in total. The van der Waals surface area contributed by atoms with E-state index in [-0.39, 0.29) is 5.78 Å². The van der Waals surface area contributed by atoms with Gasteiger partial charge in [0.1, 0.15) is 11.4 Å². The molecule has 1 fully saturated rings. The van der Waals surface area contributed by atoms with Gasteiger partial charge in [0.25, 0.3) is 0 Å². The van der Waals surface area contributed by atoms with Crippen molar-refractivity contribution >= 4 is 21.7 Å². The number of hydrogen-bond donors (Lipinski definition) is 1. The van der Waals surface area contributed by atoms with Crippen LogP contribution in [0, 0.1) is 0 Å². The maximum absolute atomic E-state index is 11.1. The van der Waals surface area contributed by atoms with Gasteiger partial charge >= 0.3 is 0 Å². The molecular weight excluding hydrogens is 260 g/mol. The van der Waals surface area contributed by atoms with E-state index in [1.54, 1.807) is 17.9 Å². The van der Waals surface area contributed by atoms with Crippen LogP contribution in [0.4, 0.5) is 0 Å². The zero-order valence-electron chi connectivity index (χ0n) is 8.53. The van der Waals surface area contributed by atoms with Gasteiger partial charge < -0.3 is 5.11 Å². The minimum absolute atomic E-state index is 0.234. The van der Waals surface area contributed by atoms with Crippen molar-refractivity contribution in [3.63, 3.8) is 0 Å². The molecule has 5 heteroatoms. The molecule has 82 valence electrons. The van der Waals surface area contributed by atoms with Crippen LogP contribution in [0.1, 0.15) is 31.4 Å². The molecule has 4 nitrogen and oxygen atoms in total. The second-order valence-electron chi connectivity index (χ2n) is 4.03. The molecule has 0 amide bonds. The van der Waals surface area contributed by atoms with Gasteiger partial charge in [-0.05, 0) is 28.8 Å². The maximum Gasteiger partial charge on any atom is 0.133 e. The SMILES string of the molecule is Cn1ncc(Br)c1C1(O)CCC(=O)CC1. The largest absolute Gasteiger partial charge is 0.383 e. The summed E-state index contributed by atoms with van der Waals surface area (Å²) >= 11 is 3.37. The third-order valence-electron chi connectivity index (χ3n) is 2.97. The van der Waals surface area contributed by atoms with E-state index in [1.807, 2.05) is 0 Å². The van der Waals surface area contributed by atoms with Gasteiger partial charge in [-0.1, -0.05) is 0 Å². The van der Waals surface area contributed by atoms with Crippen molar-refractivity contribution in [1.82, 2.24) is 9.78 Å². The summed E-state index contributed by atoms with van der Waals surface area (Å²) in [7, 11) is 1.80. The predicted molar refractivity (Wildman–Crippen MR) is 58.3 cm³/mol. The molecule has 0 atom stereocenters. The van der Waals surface area contributed by atoms with E-state index in [9.17, 15) is 9.90 Å². The Kier molecular flexibility index (Phi) is 2.68. The second-order valence-corrected chi connectivity index (χ2v) is 4.89. The Morgan fingerprint density at radius 3 is 2.60 bits per heavy atom. The highest BCUT2D eigenvalue weighted by atomic mass is 79.9. The Morgan fingerprint density at radius 1 is 1.53 bits per heavy atom. The van der Waals surface area contributed by atoms with E-state index in [0.717, 1.165) is 10.2 Å². The molecule has 0 bridgehead atoms. The molecule has 1 aromatic heterocycles. The Labute approximate surface area is 96.4 Å². The molecule has 0 aromatic carbocycles. The molecule has 2 rings (SSSR count). The summed E-state index contributed by atoms with van der Waals surface area (Å²) in [5.41, 5.74) is -0.132. The van der Waals surface area contributed by atoms with Crippen LogP contribution in [-0.2, 0) is 17.4 Å². The van der Waals surface area contributed by atoms with Gasteiger partial charge in [0, 0.05) is 19.9 Å².